The summed E-state index contributed by atoms with van der Waals surface area (Å²) in [4.78, 5) is 24.7. The first-order chi connectivity index (χ1) is 13.3. The molecular formula is C23H25N3O2. The molecule has 0 aliphatic rings. The summed E-state index contributed by atoms with van der Waals surface area (Å²) in [6, 6.07) is 20.9. The van der Waals surface area contributed by atoms with Gasteiger partial charge in [-0.25, -0.2) is 0 Å². The Hall–Kier alpha value is -3.34. The highest BCUT2D eigenvalue weighted by atomic mass is 16.2. The highest BCUT2D eigenvalue weighted by molar-refractivity contribution is 5.99. The van der Waals surface area contributed by atoms with Crippen molar-refractivity contribution in [2.45, 2.75) is 26.3 Å². The molecule has 0 aromatic heterocycles. The molecule has 3 aromatic rings. The number of hydrogen-bond donors (Lipinski definition) is 3. The SMILES string of the molecule is CC(C)(C)NC(=O)c1cccc(NC(=O)CNc2cccc3ccccc23)c1. The number of fused-ring (bicyclic) bond motifs is 1. The minimum absolute atomic E-state index is 0.131. The molecule has 0 saturated heterocycles. The van der Waals surface area contributed by atoms with Gasteiger partial charge in [-0.3, -0.25) is 9.59 Å². The van der Waals surface area contributed by atoms with Crippen LogP contribution < -0.4 is 16.0 Å². The van der Waals surface area contributed by atoms with Crippen LogP contribution in [0.3, 0.4) is 0 Å². The first-order valence-electron chi connectivity index (χ1n) is 9.26. The van der Waals surface area contributed by atoms with Crippen molar-refractivity contribution in [3.05, 3.63) is 72.3 Å². The summed E-state index contributed by atoms with van der Waals surface area (Å²) in [7, 11) is 0. The normalized spacial score (nSPS) is 11.1. The van der Waals surface area contributed by atoms with Crippen LogP contribution in [0, 0.1) is 0 Å². The van der Waals surface area contributed by atoms with Crippen molar-refractivity contribution >= 4 is 34.0 Å². The molecule has 0 spiro atoms. The number of carbonyl (C=O) groups excluding carboxylic acids is 2. The zero-order valence-electron chi connectivity index (χ0n) is 16.4. The molecule has 144 valence electrons. The van der Waals surface area contributed by atoms with E-state index in [0.29, 0.717) is 11.3 Å². The Morgan fingerprint density at radius 2 is 1.61 bits per heavy atom. The van der Waals surface area contributed by atoms with Crippen LogP contribution in [0.5, 0.6) is 0 Å². The Labute approximate surface area is 165 Å². The highest BCUT2D eigenvalue weighted by Crippen LogP contribution is 2.22. The second-order valence-electron chi connectivity index (χ2n) is 7.71. The average Bonchev–Trinajstić information content (AvgIpc) is 2.65. The minimum atomic E-state index is -0.321. The molecule has 28 heavy (non-hydrogen) atoms. The lowest BCUT2D eigenvalue weighted by molar-refractivity contribution is -0.114. The van der Waals surface area contributed by atoms with Crippen LogP contribution in [0.2, 0.25) is 0 Å². The Morgan fingerprint density at radius 1 is 0.893 bits per heavy atom. The van der Waals surface area contributed by atoms with Crippen LogP contribution in [-0.2, 0) is 4.79 Å². The Morgan fingerprint density at radius 3 is 2.39 bits per heavy atom. The Kier molecular flexibility index (Phi) is 5.64. The zero-order chi connectivity index (χ0) is 20.1. The van der Waals surface area contributed by atoms with Crippen molar-refractivity contribution in [2.75, 3.05) is 17.2 Å². The monoisotopic (exact) mass is 375 g/mol. The van der Waals surface area contributed by atoms with Gasteiger partial charge in [0.25, 0.3) is 5.91 Å². The number of amides is 2. The molecule has 5 heteroatoms. The minimum Gasteiger partial charge on any atom is -0.376 e. The number of anilines is 2. The maximum Gasteiger partial charge on any atom is 0.251 e. The van der Waals surface area contributed by atoms with Crippen LogP contribution in [0.15, 0.2) is 66.7 Å². The second-order valence-corrected chi connectivity index (χ2v) is 7.71. The Balaban J connectivity index is 1.63. The molecule has 0 fully saturated rings. The molecule has 0 atom stereocenters. The molecule has 3 aromatic carbocycles. The van der Waals surface area contributed by atoms with E-state index in [1.54, 1.807) is 24.3 Å². The third kappa shape index (κ3) is 5.10. The van der Waals surface area contributed by atoms with Gasteiger partial charge < -0.3 is 16.0 Å². The highest BCUT2D eigenvalue weighted by Gasteiger charge is 2.15. The van der Waals surface area contributed by atoms with E-state index >= 15 is 0 Å². The summed E-state index contributed by atoms with van der Waals surface area (Å²) >= 11 is 0. The molecule has 0 heterocycles. The van der Waals surface area contributed by atoms with Crippen molar-refractivity contribution in [3.8, 4) is 0 Å². The van der Waals surface area contributed by atoms with Crippen LogP contribution in [0.1, 0.15) is 31.1 Å². The predicted octanol–water partition coefficient (Wildman–Crippen LogP) is 4.42. The van der Waals surface area contributed by atoms with Crippen molar-refractivity contribution in [1.82, 2.24) is 5.32 Å². The number of rotatable bonds is 5. The van der Waals surface area contributed by atoms with E-state index < -0.39 is 0 Å². The van der Waals surface area contributed by atoms with Crippen LogP contribution in [0.25, 0.3) is 10.8 Å². The van der Waals surface area contributed by atoms with E-state index in [2.05, 4.69) is 16.0 Å². The summed E-state index contributed by atoms with van der Waals surface area (Å²) in [6.45, 7) is 5.91. The fourth-order valence-electron chi connectivity index (χ4n) is 2.91. The lowest BCUT2D eigenvalue weighted by Gasteiger charge is -2.20. The first-order valence-corrected chi connectivity index (χ1v) is 9.26. The van der Waals surface area contributed by atoms with Gasteiger partial charge >= 0.3 is 0 Å². The summed E-state index contributed by atoms with van der Waals surface area (Å²) < 4.78 is 0. The van der Waals surface area contributed by atoms with E-state index in [1.165, 1.54) is 0 Å². The summed E-state index contributed by atoms with van der Waals surface area (Å²) in [6.07, 6.45) is 0. The predicted molar refractivity (Wildman–Crippen MR) is 115 cm³/mol. The molecule has 0 radical (unpaired) electrons. The number of carbonyl (C=O) groups is 2. The van der Waals surface area contributed by atoms with Gasteiger partial charge in [0, 0.05) is 27.9 Å². The van der Waals surface area contributed by atoms with Crippen LogP contribution in [0.4, 0.5) is 11.4 Å². The topological polar surface area (TPSA) is 70.2 Å². The van der Waals surface area contributed by atoms with Gasteiger partial charge in [-0.1, -0.05) is 42.5 Å². The van der Waals surface area contributed by atoms with Gasteiger partial charge in [-0.05, 0) is 50.4 Å². The quantitative estimate of drug-likeness (QED) is 0.618. The third-order valence-electron chi connectivity index (χ3n) is 4.13. The molecule has 3 rings (SSSR count). The average molecular weight is 375 g/mol. The molecular weight excluding hydrogens is 350 g/mol. The van der Waals surface area contributed by atoms with E-state index in [1.807, 2.05) is 63.2 Å². The van der Waals surface area contributed by atoms with E-state index in [9.17, 15) is 9.59 Å². The van der Waals surface area contributed by atoms with Crippen molar-refractivity contribution in [2.24, 2.45) is 0 Å². The molecule has 0 aliphatic heterocycles. The molecule has 0 aliphatic carbocycles. The van der Waals surface area contributed by atoms with E-state index in [4.69, 9.17) is 0 Å². The smallest absolute Gasteiger partial charge is 0.251 e. The Bertz CT molecular complexity index is 1000. The number of benzene rings is 3. The fourth-order valence-corrected chi connectivity index (χ4v) is 2.91. The van der Waals surface area contributed by atoms with Crippen molar-refractivity contribution in [1.29, 1.82) is 0 Å². The largest absolute Gasteiger partial charge is 0.376 e. The van der Waals surface area contributed by atoms with Crippen LogP contribution >= 0.6 is 0 Å². The lowest BCUT2D eigenvalue weighted by atomic mass is 10.1. The maximum absolute atomic E-state index is 12.4. The van der Waals surface area contributed by atoms with Gasteiger partial charge in [0.2, 0.25) is 5.91 Å². The van der Waals surface area contributed by atoms with Gasteiger partial charge in [0.15, 0.2) is 0 Å². The van der Waals surface area contributed by atoms with E-state index in [0.717, 1.165) is 16.5 Å². The maximum atomic E-state index is 12.4. The molecule has 0 bridgehead atoms. The third-order valence-corrected chi connectivity index (χ3v) is 4.13. The second kappa shape index (κ2) is 8.13. The first kappa shape index (κ1) is 19.4. The van der Waals surface area contributed by atoms with Gasteiger partial charge in [0.1, 0.15) is 0 Å². The fraction of sp³-hybridized carbons (Fsp3) is 0.217. The van der Waals surface area contributed by atoms with Gasteiger partial charge in [-0.2, -0.15) is 0 Å². The summed E-state index contributed by atoms with van der Waals surface area (Å²) in [5, 5.41) is 11.1. The summed E-state index contributed by atoms with van der Waals surface area (Å²) in [5.41, 5.74) is 1.69. The molecule has 5 nitrogen and oxygen atoms in total. The molecule has 0 saturated carbocycles. The van der Waals surface area contributed by atoms with Crippen molar-refractivity contribution in [3.63, 3.8) is 0 Å². The zero-order valence-corrected chi connectivity index (χ0v) is 16.4. The van der Waals surface area contributed by atoms with Crippen LogP contribution in [-0.4, -0.2) is 23.9 Å². The summed E-state index contributed by atoms with van der Waals surface area (Å²) in [5.74, 6) is -0.348. The molecule has 0 unspecified atom stereocenters. The van der Waals surface area contributed by atoms with Gasteiger partial charge in [0.05, 0.1) is 6.54 Å². The number of nitrogens with one attached hydrogen (secondary N) is 3. The van der Waals surface area contributed by atoms with Crippen molar-refractivity contribution < 1.29 is 9.59 Å². The van der Waals surface area contributed by atoms with E-state index in [-0.39, 0.29) is 23.9 Å². The molecule has 3 N–H and O–H groups in total. The molecule has 2 amide bonds. The standard InChI is InChI=1S/C23H25N3O2/c1-23(2,3)26-22(28)17-10-6-11-18(14-17)25-21(27)15-24-20-13-7-9-16-8-4-5-12-19(16)20/h4-14,24H,15H2,1-3H3,(H,25,27)(H,26,28). The number of hydrogen-bond acceptors (Lipinski definition) is 3. The lowest BCUT2D eigenvalue weighted by Crippen LogP contribution is -2.40. The van der Waals surface area contributed by atoms with Gasteiger partial charge in [-0.15, -0.1) is 0 Å².